The summed E-state index contributed by atoms with van der Waals surface area (Å²) in [6.07, 6.45) is 0.891. The van der Waals surface area contributed by atoms with E-state index in [0.29, 0.717) is 12.8 Å². The Morgan fingerprint density at radius 3 is 2.42 bits per heavy atom. The Bertz CT molecular complexity index is 521. The lowest BCUT2D eigenvalue weighted by atomic mass is 9.80. The highest BCUT2D eigenvalue weighted by Crippen LogP contribution is 2.40. The summed E-state index contributed by atoms with van der Waals surface area (Å²) in [6, 6.07) is 9.34. The molecule has 1 N–H and O–H groups in total. The zero-order valence-electron chi connectivity index (χ0n) is 10.9. The summed E-state index contributed by atoms with van der Waals surface area (Å²) in [5.41, 5.74) is 0.134. The molecule has 1 unspecified atom stereocenters. The number of nitrogens with zero attached hydrogens (tertiary/aromatic N) is 1. The average molecular weight is 259 g/mol. The van der Waals surface area contributed by atoms with E-state index >= 15 is 0 Å². The fourth-order valence-electron chi connectivity index (χ4n) is 3.01. The van der Waals surface area contributed by atoms with E-state index in [2.05, 4.69) is 0 Å². The smallest absolute Gasteiger partial charge is 0.240 e. The highest BCUT2D eigenvalue weighted by molar-refractivity contribution is 6.09. The van der Waals surface area contributed by atoms with Crippen molar-refractivity contribution in [2.24, 2.45) is 0 Å². The molecule has 2 amide bonds. The maximum atomic E-state index is 12.6. The Morgan fingerprint density at radius 1 is 1.21 bits per heavy atom. The second-order valence-corrected chi connectivity index (χ2v) is 5.72. The molecule has 1 saturated carbocycles. The maximum absolute atomic E-state index is 12.6. The molecule has 0 bridgehead atoms. The minimum absolute atomic E-state index is 0.111. The van der Waals surface area contributed by atoms with Gasteiger partial charge in [-0.2, -0.15) is 0 Å². The van der Waals surface area contributed by atoms with Crippen LogP contribution in [0.3, 0.4) is 0 Å². The molecule has 0 spiro atoms. The third kappa shape index (κ3) is 1.78. The Kier molecular flexibility index (Phi) is 2.71. The summed E-state index contributed by atoms with van der Waals surface area (Å²) < 4.78 is 0. The summed E-state index contributed by atoms with van der Waals surface area (Å²) in [5, 5.41) is 9.35. The van der Waals surface area contributed by atoms with E-state index in [1.54, 1.807) is 0 Å². The first-order valence-corrected chi connectivity index (χ1v) is 6.62. The van der Waals surface area contributed by atoms with E-state index in [1.807, 2.05) is 37.3 Å². The number of carbonyl (C=O) groups is 2. The molecule has 1 heterocycles. The number of imide groups is 1. The Balaban J connectivity index is 1.90. The van der Waals surface area contributed by atoms with Crippen molar-refractivity contribution in [2.75, 3.05) is 0 Å². The number of hydrogen-bond donors (Lipinski definition) is 1. The number of carbonyl (C=O) groups excluding carboxylic acids is 2. The number of benzene rings is 1. The van der Waals surface area contributed by atoms with E-state index in [-0.39, 0.29) is 30.4 Å². The predicted octanol–water partition coefficient (Wildman–Crippen LogP) is 1.23. The lowest BCUT2D eigenvalue weighted by Gasteiger charge is -2.38. The lowest BCUT2D eigenvalue weighted by molar-refractivity contribution is -0.147. The third-order valence-electron chi connectivity index (χ3n) is 4.33. The fraction of sp³-hybridized carbons (Fsp3) is 0.467. The molecular formula is C15H17NO3. The van der Waals surface area contributed by atoms with E-state index < -0.39 is 5.41 Å². The summed E-state index contributed by atoms with van der Waals surface area (Å²) in [7, 11) is 0. The molecule has 4 nitrogen and oxygen atoms in total. The molecule has 1 aliphatic heterocycles. The molecule has 1 atom stereocenters. The maximum Gasteiger partial charge on any atom is 0.240 e. The number of aliphatic hydroxyl groups excluding tert-OH is 1. The van der Waals surface area contributed by atoms with Gasteiger partial charge in [0.05, 0.1) is 11.5 Å². The molecule has 4 heteroatoms. The van der Waals surface area contributed by atoms with Crippen LogP contribution in [0.4, 0.5) is 0 Å². The highest BCUT2D eigenvalue weighted by Gasteiger charge is 2.53. The second-order valence-electron chi connectivity index (χ2n) is 5.72. The van der Waals surface area contributed by atoms with Gasteiger partial charge in [-0.15, -0.1) is 0 Å². The van der Waals surface area contributed by atoms with Crippen LogP contribution >= 0.6 is 0 Å². The van der Waals surface area contributed by atoms with Crippen LogP contribution in [0.15, 0.2) is 30.3 Å². The minimum atomic E-state index is -0.751. The molecule has 2 fully saturated rings. The quantitative estimate of drug-likeness (QED) is 0.813. The number of likely N-dealkylation sites (tertiary alicyclic amines) is 1. The molecule has 100 valence electrons. The summed E-state index contributed by atoms with van der Waals surface area (Å²) >= 11 is 0. The molecular weight excluding hydrogens is 242 g/mol. The van der Waals surface area contributed by atoms with Crippen LogP contribution in [0.5, 0.6) is 0 Å². The van der Waals surface area contributed by atoms with Gasteiger partial charge in [0.25, 0.3) is 0 Å². The minimum Gasteiger partial charge on any atom is -0.393 e. The van der Waals surface area contributed by atoms with Gasteiger partial charge in [0.1, 0.15) is 0 Å². The van der Waals surface area contributed by atoms with Gasteiger partial charge in [-0.1, -0.05) is 30.3 Å². The monoisotopic (exact) mass is 259 g/mol. The van der Waals surface area contributed by atoms with Gasteiger partial charge in [-0.3, -0.25) is 14.5 Å². The lowest BCUT2D eigenvalue weighted by Crippen LogP contribution is -2.51. The van der Waals surface area contributed by atoms with Crippen molar-refractivity contribution in [2.45, 2.75) is 43.7 Å². The molecule has 1 aromatic carbocycles. The molecule has 19 heavy (non-hydrogen) atoms. The molecule has 1 saturated heterocycles. The molecule has 1 aliphatic carbocycles. The van der Waals surface area contributed by atoms with Crippen molar-refractivity contribution in [3.05, 3.63) is 35.9 Å². The molecule has 3 rings (SSSR count). The fourth-order valence-corrected chi connectivity index (χ4v) is 3.01. The van der Waals surface area contributed by atoms with Gasteiger partial charge < -0.3 is 5.11 Å². The van der Waals surface area contributed by atoms with E-state index in [9.17, 15) is 14.7 Å². The molecule has 2 aliphatic rings. The Hall–Kier alpha value is -1.68. The van der Waals surface area contributed by atoms with Gasteiger partial charge in [0, 0.05) is 12.5 Å². The van der Waals surface area contributed by atoms with Crippen molar-refractivity contribution >= 4 is 11.8 Å². The van der Waals surface area contributed by atoms with Crippen LogP contribution in [0.2, 0.25) is 0 Å². The number of hydrogen-bond acceptors (Lipinski definition) is 3. The van der Waals surface area contributed by atoms with Crippen molar-refractivity contribution < 1.29 is 14.7 Å². The van der Waals surface area contributed by atoms with Crippen molar-refractivity contribution in [3.63, 3.8) is 0 Å². The Morgan fingerprint density at radius 2 is 1.84 bits per heavy atom. The Labute approximate surface area is 112 Å². The zero-order valence-corrected chi connectivity index (χ0v) is 10.9. The van der Waals surface area contributed by atoms with E-state index in [0.717, 1.165) is 5.56 Å². The van der Waals surface area contributed by atoms with Crippen LogP contribution in [-0.2, 0) is 15.0 Å². The summed E-state index contributed by atoms with van der Waals surface area (Å²) in [6.45, 7) is 1.83. The van der Waals surface area contributed by atoms with Crippen LogP contribution in [-0.4, -0.2) is 34.0 Å². The SMILES string of the molecule is CC1(c2ccccc2)CC(=O)N(C2CC(O)C2)C1=O. The number of amides is 2. The first-order chi connectivity index (χ1) is 9.02. The van der Waals surface area contributed by atoms with Crippen LogP contribution in [0.25, 0.3) is 0 Å². The normalized spacial score (nSPS) is 34.5. The van der Waals surface area contributed by atoms with Crippen molar-refractivity contribution in [1.82, 2.24) is 4.90 Å². The van der Waals surface area contributed by atoms with Gasteiger partial charge in [-0.25, -0.2) is 0 Å². The van der Waals surface area contributed by atoms with Crippen molar-refractivity contribution in [3.8, 4) is 0 Å². The van der Waals surface area contributed by atoms with Crippen LogP contribution < -0.4 is 0 Å². The number of rotatable bonds is 2. The summed E-state index contributed by atoms with van der Waals surface area (Å²) in [5.74, 6) is -0.242. The topological polar surface area (TPSA) is 57.6 Å². The van der Waals surface area contributed by atoms with E-state index in [1.165, 1.54) is 4.90 Å². The van der Waals surface area contributed by atoms with Gasteiger partial charge in [0.2, 0.25) is 11.8 Å². The standard InChI is InChI=1S/C15H17NO3/c1-15(10-5-3-2-4-6-10)9-13(18)16(14(15)19)11-7-12(17)8-11/h2-6,11-12,17H,7-9H2,1H3. The molecule has 1 aromatic rings. The predicted molar refractivity (Wildman–Crippen MR) is 69.3 cm³/mol. The first-order valence-electron chi connectivity index (χ1n) is 6.62. The second kappa shape index (κ2) is 4.17. The van der Waals surface area contributed by atoms with E-state index in [4.69, 9.17) is 0 Å². The molecule has 0 radical (unpaired) electrons. The van der Waals surface area contributed by atoms with Crippen LogP contribution in [0, 0.1) is 0 Å². The summed E-state index contributed by atoms with van der Waals surface area (Å²) in [4.78, 5) is 26.1. The number of aliphatic hydroxyl groups is 1. The zero-order chi connectivity index (χ0) is 13.6. The largest absolute Gasteiger partial charge is 0.393 e. The average Bonchev–Trinajstić information content (AvgIpc) is 2.59. The molecule has 0 aromatic heterocycles. The van der Waals surface area contributed by atoms with Gasteiger partial charge in [-0.05, 0) is 25.3 Å². The highest BCUT2D eigenvalue weighted by atomic mass is 16.3. The third-order valence-corrected chi connectivity index (χ3v) is 4.33. The first kappa shape index (κ1) is 12.4. The van der Waals surface area contributed by atoms with Gasteiger partial charge in [0.15, 0.2) is 0 Å². The van der Waals surface area contributed by atoms with Crippen molar-refractivity contribution in [1.29, 1.82) is 0 Å². The van der Waals surface area contributed by atoms with Crippen LogP contribution in [0.1, 0.15) is 31.7 Å². The van der Waals surface area contributed by atoms with Gasteiger partial charge >= 0.3 is 0 Å².